The number of nitrogens with zero attached hydrogens (tertiary/aromatic N) is 3. The van der Waals surface area contributed by atoms with Gasteiger partial charge < -0.3 is 5.11 Å². The lowest BCUT2D eigenvalue weighted by atomic mass is 10.1. The van der Waals surface area contributed by atoms with E-state index in [9.17, 15) is 5.11 Å². The normalized spacial score (nSPS) is 10.7. The quantitative estimate of drug-likeness (QED) is 0.890. The summed E-state index contributed by atoms with van der Waals surface area (Å²) in [6.07, 6.45) is 0. The molecule has 0 aliphatic rings. The summed E-state index contributed by atoms with van der Waals surface area (Å²) in [5.41, 5.74) is 2.32. The van der Waals surface area contributed by atoms with E-state index >= 15 is 0 Å². The number of benzene rings is 1. The highest BCUT2D eigenvalue weighted by molar-refractivity contribution is 6.30. The van der Waals surface area contributed by atoms with Gasteiger partial charge in [-0.15, -0.1) is 5.10 Å². The Balaban J connectivity index is 2.57. The Morgan fingerprint density at radius 2 is 2.25 bits per heavy atom. The van der Waals surface area contributed by atoms with Gasteiger partial charge in [-0.2, -0.15) is 0 Å². The molecule has 0 aliphatic heterocycles. The predicted octanol–water partition coefficient (Wildman–Crippen LogP) is 2.11. The van der Waals surface area contributed by atoms with Crippen molar-refractivity contribution in [3.8, 4) is 11.3 Å². The largest absolute Gasteiger partial charge is 0.390 e. The third kappa shape index (κ3) is 1.94. The molecule has 1 N–H and O–H groups in total. The lowest BCUT2D eigenvalue weighted by molar-refractivity contribution is 0.277. The monoisotopic (exact) mass is 237 g/mol. The summed E-state index contributed by atoms with van der Waals surface area (Å²) in [5, 5.41) is 17.8. The smallest absolute Gasteiger partial charge is 0.116 e. The molecule has 0 aliphatic carbocycles. The maximum atomic E-state index is 9.21. The molecule has 0 saturated heterocycles. The second kappa shape index (κ2) is 4.63. The van der Waals surface area contributed by atoms with Gasteiger partial charge in [-0.05, 0) is 19.1 Å². The first-order valence-electron chi connectivity index (χ1n) is 5.05. The van der Waals surface area contributed by atoms with E-state index in [-0.39, 0.29) is 6.61 Å². The summed E-state index contributed by atoms with van der Waals surface area (Å²) in [6.45, 7) is 2.56. The van der Waals surface area contributed by atoms with Crippen molar-refractivity contribution in [2.75, 3.05) is 0 Å². The van der Waals surface area contributed by atoms with Gasteiger partial charge in [0.15, 0.2) is 0 Å². The van der Waals surface area contributed by atoms with Crippen molar-refractivity contribution >= 4 is 11.6 Å². The van der Waals surface area contributed by atoms with Crippen LogP contribution in [0, 0.1) is 0 Å². The van der Waals surface area contributed by atoms with Crippen LogP contribution in [0.1, 0.15) is 12.6 Å². The molecule has 0 spiro atoms. The van der Waals surface area contributed by atoms with Crippen molar-refractivity contribution in [3.05, 3.63) is 35.0 Å². The molecule has 0 amide bonds. The van der Waals surface area contributed by atoms with E-state index in [1.165, 1.54) is 0 Å². The molecule has 0 bridgehead atoms. The number of aryl methyl sites for hydroxylation is 1. The fraction of sp³-hybridized carbons (Fsp3) is 0.273. The Kier molecular flexibility index (Phi) is 3.22. The molecule has 84 valence electrons. The summed E-state index contributed by atoms with van der Waals surface area (Å²) < 4.78 is 1.75. The van der Waals surface area contributed by atoms with Crippen molar-refractivity contribution in [3.63, 3.8) is 0 Å². The third-order valence-corrected chi connectivity index (χ3v) is 2.59. The summed E-state index contributed by atoms with van der Waals surface area (Å²) >= 11 is 5.94. The molecule has 0 fully saturated rings. The summed E-state index contributed by atoms with van der Waals surface area (Å²) in [7, 11) is 0. The van der Waals surface area contributed by atoms with Gasteiger partial charge >= 0.3 is 0 Å². The maximum absolute atomic E-state index is 9.21. The third-order valence-electron chi connectivity index (χ3n) is 2.35. The van der Waals surface area contributed by atoms with Crippen LogP contribution in [-0.2, 0) is 13.2 Å². The molecule has 1 aromatic heterocycles. The molecular weight excluding hydrogens is 226 g/mol. The number of rotatable bonds is 3. The Morgan fingerprint density at radius 3 is 2.88 bits per heavy atom. The Bertz CT molecular complexity index is 474. The van der Waals surface area contributed by atoms with E-state index in [2.05, 4.69) is 10.3 Å². The van der Waals surface area contributed by atoms with Gasteiger partial charge in [-0.3, -0.25) is 0 Å². The first-order valence-corrected chi connectivity index (χ1v) is 5.43. The van der Waals surface area contributed by atoms with E-state index in [0.29, 0.717) is 17.3 Å². The lowest BCUT2D eigenvalue weighted by Crippen LogP contribution is -2.00. The maximum Gasteiger partial charge on any atom is 0.116 e. The molecule has 0 saturated carbocycles. The van der Waals surface area contributed by atoms with E-state index in [1.54, 1.807) is 4.68 Å². The zero-order chi connectivity index (χ0) is 11.5. The summed E-state index contributed by atoms with van der Waals surface area (Å²) in [5.74, 6) is 0. The highest BCUT2D eigenvalue weighted by Crippen LogP contribution is 2.24. The zero-order valence-electron chi connectivity index (χ0n) is 8.89. The molecule has 5 heteroatoms. The second-order valence-corrected chi connectivity index (χ2v) is 3.81. The van der Waals surface area contributed by atoms with E-state index in [1.807, 2.05) is 31.2 Å². The van der Waals surface area contributed by atoms with Crippen molar-refractivity contribution in [1.82, 2.24) is 15.0 Å². The van der Waals surface area contributed by atoms with Crippen molar-refractivity contribution in [2.24, 2.45) is 0 Å². The van der Waals surface area contributed by atoms with E-state index < -0.39 is 0 Å². The summed E-state index contributed by atoms with van der Waals surface area (Å²) in [6, 6.07) is 7.44. The molecule has 0 radical (unpaired) electrons. The summed E-state index contributed by atoms with van der Waals surface area (Å²) in [4.78, 5) is 0. The first-order chi connectivity index (χ1) is 7.76. The van der Waals surface area contributed by atoms with Crippen LogP contribution in [0.25, 0.3) is 11.3 Å². The van der Waals surface area contributed by atoms with Crippen LogP contribution in [0.4, 0.5) is 0 Å². The van der Waals surface area contributed by atoms with Gasteiger partial charge in [-0.1, -0.05) is 28.9 Å². The number of hydrogen-bond acceptors (Lipinski definition) is 3. The second-order valence-electron chi connectivity index (χ2n) is 3.37. The molecule has 2 rings (SSSR count). The predicted molar refractivity (Wildman–Crippen MR) is 62.1 cm³/mol. The van der Waals surface area contributed by atoms with Gasteiger partial charge in [0.25, 0.3) is 0 Å². The van der Waals surface area contributed by atoms with Gasteiger partial charge in [0.2, 0.25) is 0 Å². The molecule has 0 unspecified atom stereocenters. The minimum Gasteiger partial charge on any atom is -0.390 e. The highest BCUT2D eigenvalue weighted by atomic mass is 35.5. The Labute approximate surface area is 98.5 Å². The topological polar surface area (TPSA) is 50.9 Å². The number of aromatic nitrogens is 3. The van der Waals surface area contributed by atoms with Crippen molar-refractivity contribution in [1.29, 1.82) is 0 Å². The Morgan fingerprint density at radius 1 is 1.44 bits per heavy atom. The number of halogens is 1. The van der Waals surface area contributed by atoms with Gasteiger partial charge in [-0.25, -0.2) is 4.68 Å². The van der Waals surface area contributed by atoms with E-state index in [4.69, 9.17) is 11.6 Å². The van der Waals surface area contributed by atoms with Crippen LogP contribution in [0.5, 0.6) is 0 Å². The fourth-order valence-corrected chi connectivity index (χ4v) is 1.82. The van der Waals surface area contributed by atoms with Crippen LogP contribution in [0.15, 0.2) is 24.3 Å². The number of hydrogen-bond donors (Lipinski definition) is 1. The molecule has 1 heterocycles. The molecular formula is C11H12ClN3O. The molecule has 1 aromatic carbocycles. The lowest BCUT2D eigenvalue weighted by Gasteiger charge is -2.05. The zero-order valence-corrected chi connectivity index (χ0v) is 9.65. The molecule has 4 nitrogen and oxygen atoms in total. The minimum atomic E-state index is -0.123. The van der Waals surface area contributed by atoms with Crippen LogP contribution in [-0.4, -0.2) is 20.1 Å². The number of aliphatic hydroxyl groups excluding tert-OH is 1. The standard InChI is InChI=1S/C11H12ClN3O/c1-2-15-11(10(7-16)13-14-15)8-4-3-5-9(12)6-8/h3-6,16H,2,7H2,1H3. The van der Waals surface area contributed by atoms with Crippen LogP contribution in [0.3, 0.4) is 0 Å². The number of aliphatic hydroxyl groups is 1. The Hall–Kier alpha value is -1.39. The van der Waals surface area contributed by atoms with Gasteiger partial charge in [0, 0.05) is 17.1 Å². The van der Waals surface area contributed by atoms with Crippen molar-refractivity contribution < 1.29 is 5.11 Å². The van der Waals surface area contributed by atoms with Crippen LogP contribution in [0.2, 0.25) is 5.02 Å². The van der Waals surface area contributed by atoms with Gasteiger partial charge in [0.05, 0.1) is 12.3 Å². The van der Waals surface area contributed by atoms with Crippen LogP contribution < -0.4 is 0 Å². The molecule has 16 heavy (non-hydrogen) atoms. The minimum absolute atomic E-state index is 0.123. The fourth-order valence-electron chi connectivity index (χ4n) is 1.63. The molecule has 2 aromatic rings. The van der Waals surface area contributed by atoms with Crippen LogP contribution >= 0.6 is 11.6 Å². The SMILES string of the molecule is CCn1nnc(CO)c1-c1cccc(Cl)c1. The van der Waals surface area contributed by atoms with E-state index in [0.717, 1.165) is 11.3 Å². The average Bonchev–Trinajstić information content (AvgIpc) is 2.71. The average molecular weight is 238 g/mol. The first kappa shape index (κ1) is 11.1. The van der Waals surface area contributed by atoms with Gasteiger partial charge in [0.1, 0.15) is 5.69 Å². The highest BCUT2D eigenvalue weighted by Gasteiger charge is 2.13. The molecule has 0 atom stereocenters. The van der Waals surface area contributed by atoms with Crippen molar-refractivity contribution in [2.45, 2.75) is 20.1 Å².